The van der Waals surface area contributed by atoms with Gasteiger partial charge in [0.1, 0.15) is 6.61 Å². The fraction of sp³-hybridized carbons (Fsp3) is 0.278. The summed E-state index contributed by atoms with van der Waals surface area (Å²) in [6, 6.07) is 13.3. The number of para-hydroxylation sites is 3. The number of nitrogens with one attached hydrogen (secondary N) is 1. The van der Waals surface area contributed by atoms with Crippen molar-refractivity contribution in [2.24, 2.45) is 0 Å². The summed E-state index contributed by atoms with van der Waals surface area (Å²) < 4.78 is 29.5. The first-order chi connectivity index (χ1) is 11.7. The number of rotatable bonds is 9. The van der Waals surface area contributed by atoms with Gasteiger partial charge in [0.25, 0.3) is 5.91 Å². The van der Waals surface area contributed by atoms with Gasteiger partial charge < -0.3 is 19.5 Å². The standard InChI is InChI=1S/C18H20FNO4/c1-2-22-16-9-5-6-10-17(16)24-13-18(21)20-11-12-23-15-8-4-3-7-14(15)19/h3-10H,2,11-13H2,1H3,(H,20,21). The van der Waals surface area contributed by atoms with Gasteiger partial charge in [0.05, 0.1) is 13.2 Å². The molecule has 2 aromatic carbocycles. The molecule has 0 atom stereocenters. The first kappa shape index (κ1) is 17.6. The summed E-state index contributed by atoms with van der Waals surface area (Å²) in [7, 11) is 0. The summed E-state index contributed by atoms with van der Waals surface area (Å²) in [5, 5.41) is 2.64. The molecule has 128 valence electrons. The van der Waals surface area contributed by atoms with Crippen LogP contribution < -0.4 is 19.5 Å². The second kappa shape index (κ2) is 9.39. The molecule has 0 aliphatic rings. The maximum Gasteiger partial charge on any atom is 0.258 e. The van der Waals surface area contributed by atoms with Gasteiger partial charge in [0.15, 0.2) is 29.7 Å². The maximum absolute atomic E-state index is 13.3. The van der Waals surface area contributed by atoms with Gasteiger partial charge in [-0.3, -0.25) is 4.79 Å². The SMILES string of the molecule is CCOc1ccccc1OCC(=O)NCCOc1ccccc1F. The van der Waals surface area contributed by atoms with Crippen molar-refractivity contribution in [2.75, 3.05) is 26.4 Å². The Bertz CT molecular complexity index is 663. The molecule has 0 radical (unpaired) electrons. The molecular weight excluding hydrogens is 313 g/mol. The van der Waals surface area contributed by atoms with Crippen LogP contribution >= 0.6 is 0 Å². The van der Waals surface area contributed by atoms with Gasteiger partial charge >= 0.3 is 0 Å². The molecule has 6 heteroatoms. The molecule has 0 aliphatic heterocycles. The monoisotopic (exact) mass is 333 g/mol. The Labute approximate surface area is 140 Å². The molecule has 1 amide bonds. The molecular formula is C18H20FNO4. The zero-order valence-electron chi connectivity index (χ0n) is 13.5. The lowest BCUT2D eigenvalue weighted by molar-refractivity contribution is -0.123. The molecule has 24 heavy (non-hydrogen) atoms. The van der Waals surface area contributed by atoms with Crippen molar-refractivity contribution < 1.29 is 23.4 Å². The third kappa shape index (κ3) is 5.46. The summed E-state index contributed by atoms with van der Waals surface area (Å²) in [5.41, 5.74) is 0. The number of ether oxygens (including phenoxy) is 3. The Morgan fingerprint density at radius 2 is 1.58 bits per heavy atom. The average molecular weight is 333 g/mol. The maximum atomic E-state index is 13.3. The molecule has 0 heterocycles. The van der Waals surface area contributed by atoms with Crippen molar-refractivity contribution in [3.8, 4) is 17.2 Å². The van der Waals surface area contributed by atoms with Crippen LogP contribution in [0.4, 0.5) is 4.39 Å². The van der Waals surface area contributed by atoms with E-state index in [9.17, 15) is 9.18 Å². The number of halogens is 1. The van der Waals surface area contributed by atoms with Gasteiger partial charge in [-0.25, -0.2) is 4.39 Å². The highest BCUT2D eigenvalue weighted by Crippen LogP contribution is 2.26. The van der Waals surface area contributed by atoms with Crippen LogP contribution in [0.25, 0.3) is 0 Å². The van der Waals surface area contributed by atoms with E-state index >= 15 is 0 Å². The highest BCUT2D eigenvalue weighted by molar-refractivity contribution is 5.77. The van der Waals surface area contributed by atoms with Gasteiger partial charge in [-0.1, -0.05) is 24.3 Å². The zero-order valence-corrected chi connectivity index (χ0v) is 13.5. The van der Waals surface area contributed by atoms with Crippen LogP contribution in [0.2, 0.25) is 0 Å². The van der Waals surface area contributed by atoms with E-state index in [1.807, 2.05) is 13.0 Å². The predicted octanol–water partition coefficient (Wildman–Crippen LogP) is 2.80. The van der Waals surface area contributed by atoms with Crippen molar-refractivity contribution in [3.05, 3.63) is 54.3 Å². The zero-order chi connectivity index (χ0) is 17.2. The second-order valence-corrected chi connectivity index (χ2v) is 4.80. The second-order valence-electron chi connectivity index (χ2n) is 4.80. The Hall–Kier alpha value is -2.76. The Morgan fingerprint density at radius 1 is 0.958 bits per heavy atom. The molecule has 0 saturated carbocycles. The summed E-state index contributed by atoms with van der Waals surface area (Å²) in [6.45, 7) is 2.68. The molecule has 2 rings (SSSR count). The molecule has 0 aliphatic carbocycles. The summed E-state index contributed by atoms with van der Waals surface area (Å²) in [5.74, 6) is 0.541. The minimum Gasteiger partial charge on any atom is -0.490 e. The van der Waals surface area contributed by atoms with Gasteiger partial charge in [-0.15, -0.1) is 0 Å². The average Bonchev–Trinajstić information content (AvgIpc) is 2.59. The lowest BCUT2D eigenvalue weighted by Crippen LogP contribution is -2.32. The summed E-state index contributed by atoms with van der Waals surface area (Å²) in [6.07, 6.45) is 0. The fourth-order valence-electron chi connectivity index (χ4n) is 1.95. The van der Waals surface area contributed by atoms with Gasteiger partial charge in [0, 0.05) is 0 Å². The summed E-state index contributed by atoms with van der Waals surface area (Å²) >= 11 is 0. The molecule has 2 aromatic rings. The number of amides is 1. The predicted molar refractivity (Wildman–Crippen MR) is 88.0 cm³/mol. The van der Waals surface area contributed by atoms with Crippen LogP contribution in [0.3, 0.4) is 0 Å². The number of carbonyl (C=O) groups is 1. The fourth-order valence-corrected chi connectivity index (χ4v) is 1.95. The van der Waals surface area contributed by atoms with Crippen molar-refractivity contribution in [3.63, 3.8) is 0 Å². The topological polar surface area (TPSA) is 56.8 Å². The Morgan fingerprint density at radius 3 is 2.25 bits per heavy atom. The van der Waals surface area contributed by atoms with Crippen LogP contribution in [-0.4, -0.2) is 32.3 Å². The lowest BCUT2D eigenvalue weighted by Gasteiger charge is -2.12. The van der Waals surface area contributed by atoms with Crippen molar-refractivity contribution >= 4 is 5.91 Å². The van der Waals surface area contributed by atoms with E-state index in [2.05, 4.69) is 5.32 Å². The van der Waals surface area contributed by atoms with Crippen LogP contribution in [0.15, 0.2) is 48.5 Å². The number of benzene rings is 2. The minimum absolute atomic E-state index is 0.135. The van der Waals surface area contributed by atoms with Gasteiger partial charge in [-0.2, -0.15) is 0 Å². The lowest BCUT2D eigenvalue weighted by atomic mass is 10.3. The third-order valence-corrected chi connectivity index (χ3v) is 3.03. The van der Waals surface area contributed by atoms with Crippen molar-refractivity contribution in [1.82, 2.24) is 5.32 Å². The molecule has 0 bridgehead atoms. The molecule has 1 N–H and O–H groups in total. The quantitative estimate of drug-likeness (QED) is 0.717. The van der Waals surface area contributed by atoms with Gasteiger partial charge in [-0.05, 0) is 31.2 Å². The van der Waals surface area contributed by atoms with E-state index in [1.54, 1.807) is 30.3 Å². The van der Waals surface area contributed by atoms with E-state index in [4.69, 9.17) is 14.2 Å². The van der Waals surface area contributed by atoms with E-state index in [1.165, 1.54) is 12.1 Å². The normalized spacial score (nSPS) is 10.1. The highest BCUT2D eigenvalue weighted by atomic mass is 19.1. The largest absolute Gasteiger partial charge is 0.490 e. The molecule has 0 unspecified atom stereocenters. The van der Waals surface area contributed by atoms with Crippen LogP contribution in [0.5, 0.6) is 17.2 Å². The highest BCUT2D eigenvalue weighted by Gasteiger charge is 2.07. The van der Waals surface area contributed by atoms with E-state index in [0.29, 0.717) is 18.1 Å². The minimum atomic E-state index is -0.431. The molecule has 0 spiro atoms. The van der Waals surface area contributed by atoms with Crippen LogP contribution in [0.1, 0.15) is 6.92 Å². The van der Waals surface area contributed by atoms with Gasteiger partial charge in [0.2, 0.25) is 0 Å². The molecule has 0 aromatic heterocycles. The molecule has 5 nitrogen and oxygen atoms in total. The van der Waals surface area contributed by atoms with Crippen molar-refractivity contribution in [2.45, 2.75) is 6.92 Å². The Balaban J connectivity index is 1.69. The smallest absolute Gasteiger partial charge is 0.258 e. The molecule has 0 fully saturated rings. The molecule has 0 saturated heterocycles. The first-order valence-corrected chi connectivity index (χ1v) is 7.69. The Kier molecular flexibility index (Phi) is 6.89. The van der Waals surface area contributed by atoms with E-state index < -0.39 is 5.82 Å². The van der Waals surface area contributed by atoms with Crippen molar-refractivity contribution in [1.29, 1.82) is 0 Å². The summed E-state index contributed by atoms with van der Waals surface area (Å²) in [4.78, 5) is 11.8. The number of hydrogen-bond donors (Lipinski definition) is 1. The third-order valence-electron chi connectivity index (χ3n) is 3.03. The van der Waals surface area contributed by atoms with E-state index in [-0.39, 0.29) is 31.4 Å². The van der Waals surface area contributed by atoms with Crippen LogP contribution in [0, 0.1) is 5.82 Å². The number of carbonyl (C=O) groups excluding carboxylic acids is 1. The number of hydrogen-bond acceptors (Lipinski definition) is 4. The van der Waals surface area contributed by atoms with E-state index in [0.717, 1.165) is 0 Å². The first-order valence-electron chi connectivity index (χ1n) is 7.69. The van der Waals surface area contributed by atoms with Crippen LogP contribution in [-0.2, 0) is 4.79 Å².